The number of piperazine rings is 1. The van der Waals surface area contributed by atoms with E-state index in [9.17, 15) is 34.2 Å². The number of halogens is 1. The highest BCUT2D eigenvalue weighted by molar-refractivity contribution is 6.00. The fraction of sp³-hybridized carbons (Fsp3) is 0.483. The van der Waals surface area contributed by atoms with E-state index in [1.807, 2.05) is 0 Å². The summed E-state index contributed by atoms with van der Waals surface area (Å²) in [6.45, 7) is 3.71. The van der Waals surface area contributed by atoms with E-state index in [4.69, 9.17) is 9.99 Å². The minimum Gasteiger partial charge on any atom is -0.477 e. The second-order valence-corrected chi connectivity index (χ2v) is 11.7. The number of carbonyl (C=O) groups is 4. The molecule has 4 heterocycles. The molecule has 0 spiro atoms. The number of carboxylic acid groups (broad SMARTS) is 2. The summed E-state index contributed by atoms with van der Waals surface area (Å²) in [4.78, 5) is 70.6. The maximum Gasteiger partial charge on any atom is 0.410 e. The maximum atomic E-state index is 15.3. The average Bonchev–Trinajstić information content (AvgIpc) is 3.80. The van der Waals surface area contributed by atoms with Crippen LogP contribution in [-0.2, 0) is 19.2 Å². The number of hydrogen-bond donors (Lipinski definition) is 3. The Labute approximate surface area is 249 Å². The number of carbonyl (C=O) groups excluding carboxylic acids is 2. The predicted octanol–water partition coefficient (Wildman–Crippen LogP) is 2.13. The molecule has 3 N–H and O–H groups in total. The van der Waals surface area contributed by atoms with Crippen LogP contribution in [0.25, 0.3) is 10.9 Å². The van der Waals surface area contributed by atoms with Gasteiger partial charge in [0.2, 0.25) is 11.3 Å². The summed E-state index contributed by atoms with van der Waals surface area (Å²) in [5, 5.41) is 28.3. The number of rotatable bonds is 8. The number of fused-ring (bicyclic) bond motifs is 2. The molecule has 6 rings (SSSR count). The highest BCUT2D eigenvalue weighted by Crippen LogP contribution is 2.47. The Morgan fingerprint density at radius 3 is 2.34 bits per heavy atom. The Hall–Kier alpha value is -4.50. The van der Waals surface area contributed by atoms with Gasteiger partial charge in [-0.15, -0.1) is 0 Å². The maximum absolute atomic E-state index is 15.3. The van der Waals surface area contributed by atoms with Crippen LogP contribution in [0, 0.1) is 17.7 Å². The zero-order valence-electron chi connectivity index (χ0n) is 23.9. The summed E-state index contributed by atoms with van der Waals surface area (Å²) in [7, 11) is 0. The van der Waals surface area contributed by atoms with E-state index in [1.165, 1.54) is 18.0 Å². The van der Waals surface area contributed by atoms with Crippen LogP contribution in [0.4, 0.5) is 14.9 Å². The van der Waals surface area contributed by atoms with Gasteiger partial charge in [0.1, 0.15) is 29.8 Å². The fourth-order valence-electron chi connectivity index (χ4n) is 6.66. The summed E-state index contributed by atoms with van der Waals surface area (Å²) < 4.78 is 22.5. The lowest BCUT2D eigenvalue weighted by atomic mass is 9.78. The predicted molar refractivity (Wildman–Crippen MR) is 150 cm³/mol. The van der Waals surface area contributed by atoms with Crippen molar-refractivity contribution in [2.45, 2.75) is 44.9 Å². The monoisotopic (exact) mass is 614 g/mol. The van der Waals surface area contributed by atoms with E-state index in [1.54, 1.807) is 22.5 Å². The molecule has 3 fully saturated rings. The number of hydrogen-bond acceptors (Lipinski definition) is 9. The van der Waals surface area contributed by atoms with E-state index < -0.39 is 64.7 Å². The number of aliphatic carboxylic acids is 1. The van der Waals surface area contributed by atoms with Gasteiger partial charge < -0.3 is 34.2 Å². The molecule has 1 aromatic carbocycles. The Morgan fingerprint density at radius 2 is 1.75 bits per heavy atom. The van der Waals surface area contributed by atoms with Gasteiger partial charge >= 0.3 is 18.0 Å². The first-order valence-electron chi connectivity index (χ1n) is 14.3. The number of carboxylic acids is 2. The van der Waals surface area contributed by atoms with E-state index in [-0.39, 0.29) is 61.2 Å². The largest absolute Gasteiger partial charge is 0.477 e. The van der Waals surface area contributed by atoms with Gasteiger partial charge in [0.25, 0.3) is 0 Å². The van der Waals surface area contributed by atoms with Crippen LogP contribution in [0.1, 0.15) is 43.1 Å². The minimum atomic E-state index is -1.37. The third-order valence-corrected chi connectivity index (χ3v) is 9.17. The Balaban J connectivity index is 1.14. The van der Waals surface area contributed by atoms with Crippen LogP contribution in [0.2, 0.25) is 0 Å². The quantitative estimate of drug-likeness (QED) is 0.225. The zero-order chi connectivity index (χ0) is 31.6. The van der Waals surface area contributed by atoms with Crippen LogP contribution in [0.5, 0.6) is 0 Å². The molecule has 3 aliphatic heterocycles. The fourth-order valence-corrected chi connectivity index (χ4v) is 6.66. The molecule has 2 saturated heterocycles. The molecule has 14 nitrogen and oxygen atoms in total. The second-order valence-electron chi connectivity index (χ2n) is 11.7. The van der Waals surface area contributed by atoms with Gasteiger partial charge in [0, 0.05) is 55.3 Å². The van der Waals surface area contributed by atoms with Crippen molar-refractivity contribution in [2.24, 2.45) is 11.8 Å². The number of aromatic nitrogens is 1. The molecule has 1 saturated carbocycles. The molecular weight excluding hydrogens is 583 g/mol. The van der Waals surface area contributed by atoms with Crippen molar-refractivity contribution in [3.8, 4) is 0 Å². The molecule has 44 heavy (non-hydrogen) atoms. The number of nitrogens with zero attached hydrogens (tertiary/aromatic N) is 4. The van der Waals surface area contributed by atoms with Crippen LogP contribution < -0.4 is 10.3 Å². The van der Waals surface area contributed by atoms with Gasteiger partial charge in [-0.05, 0) is 31.9 Å². The number of aromatic carboxylic acids is 1. The third kappa shape index (κ3) is 4.66. The first-order chi connectivity index (χ1) is 20.9. The van der Waals surface area contributed by atoms with Crippen LogP contribution >= 0.6 is 0 Å². The van der Waals surface area contributed by atoms with Gasteiger partial charge in [0.05, 0.1) is 23.2 Å². The average molecular weight is 615 g/mol. The van der Waals surface area contributed by atoms with Crippen molar-refractivity contribution in [1.29, 1.82) is 0 Å². The van der Waals surface area contributed by atoms with Crippen molar-refractivity contribution >= 4 is 40.5 Å². The molecule has 4 aliphatic rings. The van der Waals surface area contributed by atoms with E-state index in [0.717, 1.165) is 23.8 Å². The lowest BCUT2D eigenvalue weighted by Gasteiger charge is -2.46. The topological polar surface area (TPSA) is 179 Å². The number of benzene rings is 1. The number of anilines is 1. The molecule has 234 valence electrons. The number of ether oxygens (including phenoxy) is 1. The summed E-state index contributed by atoms with van der Waals surface area (Å²) >= 11 is 0. The zero-order valence-corrected chi connectivity index (χ0v) is 23.9. The first kappa shape index (κ1) is 29.6. The lowest BCUT2D eigenvalue weighted by molar-refractivity contribution is -0.292. The van der Waals surface area contributed by atoms with Gasteiger partial charge in [-0.25, -0.2) is 23.7 Å². The molecule has 0 unspecified atom stereocenters. The highest BCUT2D eigenvalue weighted by Gasteiger charge is 2.60. The summed E-state index contributed by atoms with van der Waals surface area (Å²) in [5.41, 5.74) is -0.449. The SMILES string of the molecule is C[C@@H](OO)[C@@H]1C(=O)N2C(C(=O)O)=C(COC(=O)N3CCN(c4cc5c(cc4F)c(=O)c(C(=O)O)cn5C4CC4)CC3)[C@H](C)[C@H]12. The second kappa shape index (κ2) is 10.9. The van der Waals surface area contributed by atoms with Crippen molar-refractivity contribution in [1.82, 2.24) is 14.4 Å². The van der Waals surface area contributed by atoms with Crippen molar-refractivity contribution in [2.75, 3.05) is 37.7 Å². The molecular formula is C29H31FN4O10. The Bertz CT molecular complexity index is 1680. The minimum absolute atomic E-state index is 0.00688. The van der Waals surface area contributed by atoms with Crippen LogP contribution in [-0.4, -0.2) is 98.7 Å². The van der Waals surface area contributed by atoms with Crippen molar-refractivity contribution in [3.63, 3.8) is 0 Å². The smallest absolute Gasteiger partial charge is 0.410 e. The summed E-state index contributed by atoms with van der Waals surface area (Å²) in [6.07, 6.45) is 1.42. The molecule has 2 amide bonds. The summed E-state index contributed by atoms with van der Waals surface area (Å²) in [5.74, 6) is -5.06. The van der Waals surface area contributed by atoms with Crippen LogP contribution in [0.3, 0.4) is 0 Å². The standard InChI is InChI=1S/C29H31FN4O10/c1-13-18(24(28(39)40)34-23(13)22(26(34)36)14(2)44-42)12-43-29(41)32-7-5-31(6-8-32)21-10-20-16(9-19(21)30)25(35)17(27(37)38)11-33(20)15-3-4-15/h9-11,13-15,22-23,42H,3-8,12H2,1-2H3,(H,37,38)(H,39,40)/t13-,14+,22-,23+/m0/s1. The van der Waals surface area contributed by atoms with Gasteiger partial charge in [0.15, 0.2) is 0 Å². The third-order valence-electron chi connectivity index (χ3n) is 9.17. The first-order valence-corrected chi connectivity index (χ1v) is 14.3. The number of amides is 2. The molecule has 15 heteroatoms. The number of β-lactam (4-membered cyclic amide) rings is 1. The van der Waals surface area contributed by atoms with Gasteiger partial charge in [-0.2, -0.15) is 0 Å². The van der Waals surface area contributed by atoms with E-state index >= 15 is 4.39 Å². The molecule has 1 aliphatic carbocycles. The molecule has 2 aromatic rings. The lowest BCUT2D eigenvalue weighted by Crippen LogP contribution is -2.63. The van der Waals surface area contributed by atoms with Crippen LogP contribution in [0.15, 0.2) is 34.4 Å². The van der Waals surface area contributed by atoms with E-state index in [2.05, 4.69) is 4.89 Å². The normalized spacial score (nSPS) is 24.0. The molecule has 1 aromatic heterocycles. The van der Waals surface area contributed by atoms with Crippen molar-refractivity contribution in [3.05, 3.63) is 51.2 Å². The van der Waals surface area contributed by atoms with Crippen molar-refractivity contribution < 1.29 is 48.7 Å². The van der Waals surface area contributed by atoms with E-state index in [0.29, 0.717) is 5.52 Å². The van der Waals surface area contributed by atoms with Gasteiger partial charge in [-0.1, -0.05) is 6.92 Å². The van der Waals surface area contributed by atoms with Gasteiger partial charge in [-0.3, -0.25) is 14.8 Å². The molecule has 0 radical (unpaired) electrons. The Kier molecular flexibility index (Phi) is 7.32. The Morgan fingerprint density at radius 1 is 1.07 bits per heavy atom. The highest BCUT2D eigenvalue weighted by atomic mass is 19.1. The molecule has 0 bridgehead atoms. The number of pyridine rings is 1. The molecule has 4 atom stereocenters. The summed E-state index contributed by atoms with van der Waals surface area (Å²) in [6, 6.07) is 2.10.